The first-order valence-corrected chi connectivity index (χ1v) is 16.9. The summed E-state index contributed by atoms with van der Waals surface area (Å²) in [5.74, 6) is 0.438. The SMILES string of the molecule is CN1CCN(c2ccc(Nc3ncc(C(F)(F)F)c(-c4cc5c(s4)C(=O)N(C4CC4)CCS5=O)n3)c(C3CC3)c2)CC1.CO. The van der Waals surface area contributed by atoms with E-state index in [-0.39, 0.29) is 39.1 Å². The van der Waals surface area contributed by atoms with Crippen LogP contribution >= 0.6 is 11.3 Å². The van der Waals surface area contributed by atoms with Crippen LogP contribution in [0, 0.1) is 0 Å². The van der Waals surface area contributed by atoms with Gasteiger partial charge in [0.25, 0.3) is 5.91 Å². The summed E-state index contributed by atoms with van der Waals surface area (Å²) in [4.78, 5) is 28.8. The summed E-state index contributed by atoms with van der Waals surface area (Å²) in [6, 6.07) is 7.75. The van der Waals surface area contributed by atoms with E-state index >= 15 is 0 Å². The lowest BCUT2D eigenvalue weighted by molar-refractivity contribution is -0.137. The normalized spacial score (nSPS) is 21.0. The smallest absolute Gasteiger partial charge is 0.400 e. The predicted octanol–water partition coefficient (Wildman–Crippen LogP) is 4.93. The molecular weight excluding hydrogens is 613 g/mol. The van der Waals surface area contributed by atoms with E-state index in [2.05, 4.69) is 38.2 Å². The van der Waals surface area contributed by atoms with Gasteiger partial charge >= 0.3 is 6.18 Å². The number of alkyl halides is 3. The molecular formula is C30H35F3N6O3S2. The van der Waals surface area contributed by atoms with E-state index in [4.69, 9.17) is 5.11 Å². The Hall–Kier alpha value is -3.07. The molecule has 3 fully saturated rings. The summed E-state index contributed by atoms with van der Waals surface area (Å²) in [5.41, 5.74) is 1.72. The van der Waals surface area contributed by atoms with Gasteiger partial charge in [-0.3, -0.25) is 9.00 Å². The van der Waals surface area contributed by atoms with E-state index in [1.807, 2.05) is 12.1 Å². The third-order valence-electron chi connectivity index (χ3n) is 8.40. The number of carbonyl (C=O) groups is 1. The van der Waals surface area contributed by atoms with Crippen molar-refractivity contribution in [1.29, 1.82) is 0 Å². The second-order valence-electron chi connectivity index (χ2n) is 11.5. The van der Waals surface area contributed by atoms with Crippen molar-refractivity contribution in [3.63, 3.8) is 0 Å². The highest BCUT2D eigenvalue weighted by Gasteiger charge is 2.40. The van der Waals surface area contributed by atoms with Crippen molar-refractivity contribution >= 4 is 45.4 Å². The van der Waals surface area contributed by atoms with Crippen molar-refractivity contribution in [2.24, 2.45) is 0 Å². The predicted molar refractivity (Wildman–Crippen MR) is 165 cm³/mol. The van der Waals surface area contributed by atoms with Gasteiger partial charge in [0.05, 0.1) is 26.3 Å². The van der Waals surface area contributed by atoms with E-state index in [9.17, 15) is 22.2 Å². The van der Waals surface area contributed by atoms with Gasteiger partial charge in [0, 0.05) is 69.2 Å². The topological polar surface area (TPSA) is 102 Å². The Balaban J connectivity index is 0.00000168. The number of piperazine rings is 1. The maximum absolute atomic E-state index is 14.2. The van der Waals surface area contributed by atoms with Crippen molar-refractivity contribution in [1.82, 2.24) is 19.8 Å². The van der Waals surface area contributed by atoms with Crippen molar-refractivity contribution in [3.8, 4) is 10.6 Å². The average Bonchev–Trinajstić information content (AvgIpc) is 3.96. The highest BCUT2D eigenvalue weighted by molar-refractivity contribution is 7.85. The first-order chi connectivity index (χ1) is 21.2. The number of aliphatic hydroxyl groups is 1. The number of fused-ring (bicyclic) bond motifs is 1. The second kappa shape index (κ2) is 12.4. The lowest BCUT2D eigenvalue weighted by Gasteiger charge is -2.34. The minimum absolute atomic E-state index is 0.0443. The van der Waals surface area contributed by atoms with Crippen LogP contribution in [-0.4, -0.2) is 93.7 Å². The molecule has 4 aliphatic rings. The number of aromatic nitrogens is 2. The zero-order chi connectivity index (χ0) is 31.2. The monoisotopic (exact) mass is 648 g/mol. The number of aliphatic hydroxyl groups excluding tert-OH is 1. The number of rotatable bonds is 6. The van der Waals surface area contributed by atoms with E-state index in [1.165, 1.54) is 6.07 Å². The van der Waals surface area contributed by atoms with Gasteiger partial charge in [-0.05, 0) is 68.5 Å². The molecule has 1 atom stereocenters. The van der Waals surface area contributed by atoms with E-state index in [0.717, 1.165) is 93.4 Å². The van der Waals surface area contributed by atoms with Gasteiger partial charge < -0.3 is 25.1 Å². The lowest BCUT2D eigenvalue weighted by atomic mass is 10.1. The Kier molecular flexibility index (Phi) is 8.70. The van der Waals surface area contributed by atoms with Gasteiger partial charge in [-0.15, -0.1) is 11.3 Å². The number of anilines is 3. The van der Waals surface area contributed by atoms with Gasteiger partial charge in [0.2, 0.25) is 5.95 Å². The number of hydrogen-bond acceptors (Lipinski definition) is 9. The second-order valence-corrected chi connectivity index (χ2v) is 14.1. The quantitative estimate of drug-likeness (QED) is 0.388. The number of benzene rings is 1. The van der Waals surface area contributed by atoms with Crippen LogP contribution in [0.2, 0.25) is 0 Å². The molecule has 44 heavy (non-hydrogen) atoms. The fraction of sp³-hybridized carbons (Fsp3) is 0.500. The number of thiophene rings is 1. The lowest BCUT2D eigenvalue weighted by Crippen LogP contribution is -2.44. The van der Waals surface area contributed by atoms with Gasteiger partial charge in [-0.1, -0.05) is 0 Å². The summed E-state index contributed by atoms with van der Waals surface area (Å²) in [7, 11) is 1.63. The molecule has 3 aromatic rings. The summed E-state index contributed by atoms with van der Waals surface area (Å²) in [6.45, 7) is 4.25. The minimum Gasteiger partial charge on any atom is -0.400 e. The van der Waals surface area contributed by atoms with Crippen molar-refractivity contribution in [3.05, 3.63) is 46.5 Å². The van der Waals surface area contributed by atoms with Crippen LogP contribution in [0.15, 0.2) is 35.4 Å². The molecule has 2 aliphatic heterocycles. The minimum atomic E-state index is -4.71. The zero-order valence-electron chi connectivity index (χ0n) is 24.6. The van der Waals surface area contributed by atoms with E-state index in [0.29, 0.717) is 17.4 Å². The molecule has 9 nitrogen and oxygen atoms in total. The summed E-state index contributed by atoms with van der Waals surface area (Å²) in [6.07, 6.45) is -0.00968. The molecule has 2 aromatic heterocycles. The first kappa shape index (κ1) is 30.9. The van der Waals surface area contributed by atoms with Crippen molar-refractivity contribution in [2.45, 2.75) is 48.7 Å². The van der Waals surface area contributed by atoms with Gasteiger partial charge in [-0.2, -0.15) is 13.2 Å². The number of likely N-dealkylation sites (N-methyl/N-ethyl adjacent to an activating group) is 1. The fourth-order valence-corrected chi connectivity index (χ4v) is 8.30. The van der Waals surface area contributed by atoms with Crippen molar-refractivity contribution < 1.29 is 27.3 Å². The molecule has 2 N–H and O–H groups in total. The Labute approximate surface area is 260 Å². The Morgan fingerprint density at radius 2 is 1.77 bits per heavy atom. The molecule has 14 heteroatoms. The number of nitrogens with one attached hydrogen (secondary N) is 1. The Bertz CT molecular complexity index is 1570. The Morgan fingerprint density at radius 1 is 1.05 bits per heavy atom. The fourth-order valence-electron chi connectivity index (χ4n) is 5.68. The maximum atomic E-state index is 14.2. The summed E-state index contributed by atoms with van der Waals surface area (Å²) >= 11 is 0.933. The van der Waals surface area contributed by atoms with Crippen LogP contribution in [0.3, 0.4) is 0 Å². The zero-order valence-corrected chi connectivity index (χ0v) is 26.2. The maximum Gasteiger partial charge on any atom is 0.420 e. The highest BCUT2D eigenvalue weighted by Crippen LogP contribution is 2.46. The third-order valence-corrected chi connectivity index (χ3v) is 11.0. The van der Waals surface area contributed by atoms with E-state index in [1.54, 1.807) is 4.90 Å². The standard InChI is InChI=1S/C29H31F3N6O2S2.CH4O/c1-36-8-10-37(11-9-36)19-6-7-22(20(14-19)17-2-3-17)34-28-33-16-21(29(30,31)32)25(35-28)23-15-24-26(41-23)27(39)38(18-4-5-18)12-13-42(24)40;1-2/h6-7,14-18H,2-5,8-13H2,1H3,(H,33,34,35);2H,1H3. The van der Waals surface area contributed by atoms with Gasteiger partial charge in [0.1, 0.15) is 10.4 Å². The number of nitrogens with zero attached hydrogens (tertiary/aromatic N) is 5. The molecule has 0 radical (unpaired) electrons. The largest absolute Gasteiger partial charge is 0.420 e. The Morgan fingerprint density at radius 3 is 2.43 bits per heavy atom. The van der Waals surface area contributed by atoms with Gasteiger partial charge in [-0.25, -0.2) is 9.97 Å². The number of halogens is 3. The molecule has 1 amide bonds. The number of amides is 1. The average molecular weight is 649 g/mol. The van der Waals surface area contributed by atoms with Crippen LogP contribution in [0.1, 0.15) is 52.4 Å². The molecule has 7 rings (SSSR count). The van der Waals surface area contributed by atoms with Crippen molar-refractivity contribution in [2.75, 3.05) is 62.9 Å². The number of carbonyl (C=O) groups excluding carboxylic acids is 1. The summed E-state index contributed by atoms with van der Waals surface area (Å²) in [5, 5.41) is 10.2. The molecule has 1 saturated heterocycles. The van der Waals surface area contributed by atoms with Crippen LogP contribution < -0.4 is 10.2 Å². The first-order valence-electron chi connectivity index (χ1n) is 14.7. The molecule has 0 spiro atoms. The van der Waals surface area contributed by atoms with Crippen LogP contribution in [0.4, 0.5) is 30.5 Å². The molecule has 1 unspecified atom stereocenters. The summed E-state index contributed by atoms with van der Waals surface area (Å²) < 4.78 is 55.5. The molecule has 2 saturated carbocycles. The van der Waals surface area contributed by atoms with Crippen LogP contribution in [0.5, 0.6) is 0 Å². The van der Waals surface area contributed by atoms with E-state index < -0.39 is 22.5 Å². The highest BCUT2D eigenvalue weighted by atomic mass is 32.2. The molecule has 4 heterocycles. The molecule has 0 bridgehead atoms. The molecule has 236 valence electrons. The van der Waals surface area contributed by atoms with Crippen LogP contribution in [0.25, 0.3) is 10.6 Å². The molecule has 1 aromatic carbocycles. The van der Waals surface area contributed by atoms with Crippen LogP contribution in [-0.2, 0) is 17.0 Å². The third kappa shape index (κ3) is 6.35. The number of hydrogen-bond donors (Lipinski definition) is 2. The molecule has 2 aliphatic carbocycles. The van der Waals surface area contributed by atoms with Gasteiger partial charge in [0.15, 0.2) is 0 Å².